The van der Waals surface area contributed by atoms with Crippen LogP contribution in [0.4, 0.5) is 11.6 Å². The molecular formula is C22H22N6O4. The first-order valence-electron chi connectivity index (χ1n) is 10.1. The van der Waals surface area contributed by atoms with Gasteiger partial charge in [0.25, 0.3) is 5.91 Å². The Morgan fingerprint density at radius 2 is 1.91 bits per heavy atom. The number of hydrogen-bond acceptors (Lipinski definition) is 6. The van der Waals surface area contributed by atoms with Crippen LogP contribution in [-0.4, -0.2) is 46.1 Å². The predicted molar refractivity (Wildman–Crippen MR) is 116 cm³/mol. The lowest BCUT2D eigenvalue weighted by atomic mass is 10.1. The highest BCUT2D eigenvalue weighted by Crippen LogP contribution is 2.19. The molecular weight excluding hydrogens is 412 g/mol. The van der Waals surface area contributed by atoms with Crippen LogP contribution in [0.1, 0.15) is 34.6 Å². The zero-order valence-electron chi connectivity index (χ0n) is 17.3. The first-order valence-corrected chi connectivity index (χ1v) is 10.1. The molecule has 32 heavy (non-hydrogen) atoms. The molecule has 2 aromatic carbocycles. The van der Waals surface area contributed by atoms with Crippen LogP contribution in [0.25, 0.3) is 0 Å². The van der Waals surface area contributed by atoms with Gasteiger partial charge in [-0.3, -0.25) is 24.8 Å². The first-order chi connectivity index (χ1) is 15.5. The summed E-state index contributed by atoms with van der Waals surface area (Å²) >= 11 is 0. The minimum Gasteiger partial charge on any atom is -0.497 e. The highest BCUT2D eigenvalue weighted by molar-refractivity contribution is 6.09. The van der Waals surface area contributed by atoms with Crippen LogP contribution in [0.2, 0.25) is 0 Å². The molecule has 0 bridgehead atoms. The third-order valence-corrected chi connectivity index (χ3v) is 5.03. The van der Waals surface area contributed by atoms with Gasteiger partial charge in [0, 0.05) is 12.8 Å². The molecule has 0 fully saturated rings. The number of anilines is 2. The van der Waals surface area contributed by atoms with Crippen molar-refractivity contribution in [1.82, 2.24) is 20.5 Å². The Balaban J connectivity index is 1.30. The molecule has 10 heteroatoms. The van der Waals surface area contributed by atoms with E-state index < -0.39 is 6.04 Å². The largest absolute Gasteiger partial charge is 0.497 e. The number of nitrogens with zero attached hydrogens (tertiary/aromatic N) is 2. The number of carbonyl (C=O) groups excluding carboxylic acids is 3. The molecule has 0 saturated carbocycles. The van der Waals surface area contributed by atoms with Crippen molar-refractivity contribution in [2.24, 2.45) is 0 Å². The van der Waals surface area contributed by atoms with E-state index in [1.54, 1.807) is 31.4 Å². The normalized spacial score (nSPS) is 15.2. The second-order valence-corrected chi connectivity index (χ2v) is 7.28. The van der Waals surface area contributed by atoms with Gasteiger partial charge in [0.1, 0.15) is 17.6 Å². The minimum absolute atomic E-state index is 0.0110. The molecule has 3 amide bonds. The SMILES string of the molecule is COc1ccc(Cc2nc(NC(=O)CCC3NC(=O)c4ccccc4NC3=O)n[nH]2)cc1. The van der Waals surface area contributed by atoms with Crippen LogP contribution in [-0.2, 0) is 16.0 Å². The Morgan fingerprint density at radius 1 is 1.12 bits per heavy atom. The molecule has 3 aromatic rings. The third-order valence-electron chi connectivity index (χ3n) is 5.03. The molecule has 4 N–H and O–H groups in total. The molecule has 164 valence electrons. The number of aromatic nitrogens is 3. The molecule has 10 nitrogen and oxygen atoms in total. The fourth-order valence-electron chi connectivity index (χ4n) is 3.34. The average Bonchev–Trinajstić information content (AvgIpc) is 3.18. The third kappa shape index (κ3) is 4.91. The second kappa shape index (κ2) is 9.29. The Kier molecular flexibility index (Phi) is 6.11. The standard InChI is InChI=1S/C22H22N6O4/c1-32-14-8-6-13(7-9-14)12-18-25-22(28-27-18)26-19(29)11-10-17-21(31)23-16-5-3-2-4-15(16)20(30)24-17/h2-9,17H,10-12H2,1H3,(H,23,31)(H,24,30)(H2,25,26,27,28,29). The van der Waals surface area contributed by atoms with E-state index in [-0.39, 0.29) is 36.5 Å². The topological polar surface area (TPSA) is 138 Å². The Bertz CT molecular complexity index is 1140. The zero-order chi connectivity index (χ0) is 22.5. The predicted octanol–water partition coefficient (Wildman–Crippen LogP) is 1.87. The van der Waals surface area contributed by atoms with Crippen molar-refractivity contribution in [3.8, 4) is 5.75 Å². The van der Waals surface area contributed by atoms with E-state index in [0.717, 1.165) is 11.3 Å². The maximum absolute atomic E-state index is 12.4. The van der Waals surface area contributed by atoms with E-state index in [1.165, 1.54) is 0 Å². The summed E-state index contributed by atoms with van der Waals surface area (Å²) in [6, 6.07) is 13.5. The summed E-state index contributed by atoms with van der Waals surface area (Å²) in [5.74, 6) is 0.432. The summed E-state index contributed by atoms with van der Waals surface area (Å²) < 4.78 is 5.14. The highest BCUT2D eigenvalue weighted by atomic mass is 16.5. The summed E-state index contributed by atoms with van der Waals surface area (Å²) in [6.45, 7) is 0. The van der Waals surface area contributed by atoms with Gasteiger partial charge in [-0.2, -0.15) is 4.98 Å². The molecule has 0 aliphatic carbocycles. The number of nitrogens with one attached hydrogen (secondary N) is 4. The summed E-state index contributed by atoms with van der Waals surface area (Å²) in [5.41, 5.74) is 1.85. The van der Waals surface area contributed by atoms with Gasteiger partial charge < -0.3 is 15.4 Å². The minimum atomic E-state index is -0.821. The molecule has 2 heterocycles. The van der Waals surface area contributed by atoms with Gasteiger partial charge in [-0.1, -0.05) is 24.3 Å². The average molecular weight is 434 g/mol. The van der Waals surface area contributed by atoms with E-state index in [0.29, 0.717) is 23.5 Å². The fourth-order valence-corrected chi connectivity index (χ4v) is 3.34. The van der Waals surface area contributed by atoms with Gasteiger partial charge in [-0.15, -0.1) is 5.10 Å². The number of methoxy groups -OCH3 is 1. The maximum Gasteiger partial charge on any atom is 0.254 e. The number of ether oxygens (including phenoxy) is 1. The van der Waals surface area contributed by atoms with Crippen molar-refractivity contribution in [3.63, 3.8) is 0 Å². The van der Waals surface area contributed by atoms with Crippen molar-refractivity contribution >= 4 is 29.4 Å². The van der Waals surface area contributed by atoms with Crippen molar-refractivity contribution in [2.45, 2.75) is 25.3 Å². The molecule has 1 aromatic heterocycles. The Morgan fingerprint density at radius 3 is 2.69 bits per heavy atom. The number of carbonyl (C=O) groups is 3. The number of hydrogen-bond donors (Lipinski definition) is 4. The monoisotopic (exact) mass is 434 g/mol. The van der Waals surface area contributed by atoms with Gasteiger partial charge >= 0.3 is 0 Å². The van der Waals surface area contributed by atoms with E-state index >= 15 is 0 Å². The molecule has 1 atom stereocenters. The molecule has 0 spiro atoms. The lowest BCUT2D eigenvalue weighted by molar-refractivity contribution is -0.118. The van der Waals surface area contributed by atoms with E-state index in [9.17, 15) is 14.4 Å². The molecule has 1 unspecified atom stereocenters. The van der Waals surface area contributed by atoms with Crippen LogP contribution < -0.4 is 20.7 Å². The fraction of sp³-hybridized carbons (Fsp3) is 0.227. The van der Waals surface area contributed by atoms with Gasteiger partial charge in [-0.05, 0) is 36.2 Å². The highest BCUT2D eigenvalue weighted by Gasteiger charge is 2.28. The quantitative estimate of drug-likeness (QED) is 0.448. The first kappa shape index (κ1) is 21.0. The van der Waals surface area contributed by atoms with Gasteiger partial charge in [-0.25, -0.2) is 0 Å². The van der Waals surface area contributed by atoms with E-state index in [1.807, 2.05) is 24.3 Å². The van der Waals surface area contributed by atoms with Crippen molar-refractivity contribution in [2.75, 3.05) is 17.7 Å². The summed E-state index contributed by atoms with van der Waals surface area (Å²) in [5, 5.41) is 14.8. The second-order valence-electron chi connectivity index (χ2n) is 7.28. The Hall–Kier alpha value is -4.21. The maximum atomic E-state index is 12.4. The van der Waals surface area contributed by atoms with Crippen molar-refractivity contribution in [3.05, 3.63) is 65.5 Å². The summed E-state index contributed by atoms with van der Waals surface area (Å²) in [4.78, 5) is 41.4. The molecule has 1 aliphatic heterocycles. The molecule has 0 radical (unpaired) electrons. The van der Waals surface area contributed by atoms with Gasteiger partial charge in [0.05, 0.1) is 18.4 Å². The van der Waals surface area contributed by atoms with Crippen LogP contribution in [0.15, 0.2) is 48.5 Å². The van der Waals surface area contributed by atoms with Gasteiger partial charge in [0.2, 0.25) is 17.8 Å². The van der Waals surface area contributed by atoms with Gasteiger partial charge in [0.15, 0.2) is 0 Å². The molecule has 4 rings (SSSR count). The summed E-state index contributed by atoms with van der Waals surface area (Å²) in [7, 11) is 1.61. The zero-order valence-corrected chi connectivity index (χ0v) is 17.3. The Labute approximate surface area is 183 Å². The van der Waals surface area contributed by atoms with Crippen LogP contribution in [0, 0.1) is 0 Å². The van der Waals surface area contributed by atoms with E-state index in [2.05, 4.69) is 31.1 Å². The number of fused-ring (bicyclic) bond motifs is 1. The molecule has 1 aliphatic rings. The lowest BCUT2D eigenvalue weighted by Crippen LogP contribution is -2.41. The van der Waals surface area contributed by atoms with Crippen molar-refractivity contribution in [1.29, 1.82) is 0 Å². The molecule has 0 saturated heterocycles. The number of aromatic amines is 1. The lowest BCUT2D eigenvalue weighted by Gasteiger charge is -2.13. The van der Waals surface area contributed by atoms with Crippen LogP contribution >= 0.6 is 0 Å². The number of rotatable bonds is 7. The summed E-state index contributed by atoms with van der Waals surface area (Å²) in [6.07, 6.45) is 0.666. The van der Waals surface area contributed by atoms with Crippen LogP contribution in [0.3, 0.4) is 0 Å². The smallest absolute Gasteiger partial charge is 0.254 e. The number of H-pyrrole nitrogens is 1. The number of amides is 3. The number of benzene rings is 2. The van der Waals surface area contributed by atoms with Crippen molar-refractivity contribution < 1.29 is 19.1 Å². The van der Waals surface area contributed by atoms with Crippen LogP contribution in [0.5, 0.6) is 5.75 Å². The number of para-hydroxylation sites is 1. The van der Waals surface area contributed by atoms with E-state index in [4.69, 9.17) is 4.74 Å².